The first-order chi connectivity index (χ1) is 25.7. The lowest BCUT2D eigenvalue weighted by Crippen LogP contribution is -2.49. The molecule has 0 aliphatic carbocycles. The number of rotatable bonds is 12. The van der Waals surface area contributed by atoms with Crippen molar-refractivity contribution in [1.82, 2.24) is 20.2 Å². The third-order valence-corrected chi connectivity index (χ3v) is 12.1. The van der Waals surface area contributed by atoms with E-state index in [-0.39, 0.29) is 58.4 Å². The molecule has 15 heteroatoms. The zero-order valence-corrected chi connectivity index (χ0v) is 32.5. The highest BCUT2D eigenvalue weighted by atomic mass is 35.5. The minimum Gasteiger partial charge on any atom is -0.489 e. The summed E-state index contributed by atoms with van der Waals surface area (Å²) in [4.78, 5) is 36.5. The zero-order valence-electron chi connectivity index (χ0n) is 30.9. The number of likely N-dealkylation sites (tertiary alicyclic amines) is 1. The van der Waals surface area contributed by atoms with Gasteiger partial charge in [-0.25, -0.2) is 22.6 Å². The standard InChI is InChI=1S/C39H45ClFN7O5S/c1-23(2)53-34-20-29(26-12-15-47(16-13-26)22-27-10-11-28(19-31(27)41)48-17-14-36(49)45-39(48)50)25(5)18-33(34)44-38-42-21-30(40)37(46-38)43-32-8-6-7-9-35(32)54(51,52)24(3)4/h6-11,18-21,23-24,26H,12-17,22H2,1-5H3,(H,45,49,50)(H2,42,43,44,46). The van der Waals surface area contributed by atoms with Crippen molar-refractivity contribution in [2.75, 3.05) is 35.2 Å². The van der Waals surface area contributed by atoms with Crippen molar-refractivity contribution in [2.24, 2.45) is 0 Å². The summed E-state index contributed by atoms with van der Waals surface area (Å²) < 4.78 is 47.6. The molecule has 3 amide bonds. The number of nitrogens with zero attached hydrogens (tertiary/aromatic N) is 4. The summed E-state index contributed by atoms with van der Waals surface area (Å²) in [6, 6.07) is 15.0. The summed E-state index contributed by atoms with van der Waals surface area (Å²) in [5.74, 6) is 0.682. The molecule has 0 saturated carbocycles. The topological polar surface area (TPSA) is 146 Å². The Morgan fingerprint density at radius 2 is 1.74 bits per heavy atom. The van der Waals surface area contributed by atoms with Gasteiger partial charge in [-0.05, 0) is 114 Å². The number of hydrogen-bond donors (Lipinski definition) is 3. The van der Waals surface area contributed by atoms with Gasteiger partial charge in [-0.3, -0.25) is 19.9 Å². The lowest BCUT2D eigenvalue weighted by atomic mass is 9.86. The van der Waals surface area contributed by atoms with E-state index in [1.54, 1.807) is 50.2 Å². The van der Waals surface area contributed by atoms with Crippen LogP contribution in [0.15, 0.2) is 65.7 Å². The van der Waals surface area contributed by atoms with Crippen LogP contribution in [0.2, 0.25) is 5.02 Å². The number of para-hydroxylation sites is 1. The van der Waals surface area contributed by atoms with Crippen LogP contribution in [-0.4, -0.2) is 66.2 Å². The maximum Gasteiger partial charge on any atom is 0.328 e. The van der Waals surface area contributed by atoms with E-state index in [2.05, 4.69) is 43.8 Å². The highest BCUT2D eigenvalue weighted by molar-refractivity contribution is 7.92. The number of carbonyl (C=O) groups is 2. The van der Waals surface area contributed by atoms with Crippen molar-refractivity contribution in [1.29, 1.82) is 0 Å². The molecule has 0 atom stereocenters. The highest BCUT2D eigenvalue weighted by Gasteiger charge is 2.28. The Bertz CT molecular complexity index is 2160. The Morgan fingerprint density at radius 3 is 2.43 bits per heavy atom. The molecular formula is C39H45ClFN7O5S. The minimum absolute atomic E-state index is 0.112. The molecule has 0 radical (unpaired) electrons. The molecule has 3 heterocycles. The van der Waals surface area contributed by atoms with Crippen molar-refractivity contribution >= 4 is 62.2 Å². The van der Waals surface area contributed by atoms with E-state index in [9.17, 15) is 18.0 Å². The van der Waals surface area contributed by atoms with Gasteiger partial charge in [-0.2, -0.15) is 4.98 Å². The van der Waals surface area contributed by atoms with Gasteiger partial charge in [0.25, 0.3) is 0 Å². The van der Waals surface area contributed by atoms with Crippen molar-refractivity contribution in [3.05, 3.63) is 88.3 Å². The number of ether oxygens (including phenoxy) is 1. The Kier molecular flexibility index (Phi) is 11.7. The maximum absolute atomic E-state index is 15.2. The van der Waals surface area contributed by atoms with E-state index in [1.165, 1.54) is 22.7 Å². The molecule has 1 aromatic heterocycles. The molecule has 2 saturated heterocycles. The fourth-order valence-electron chi connectivity index (χ4n) is 6.71. The van der Waals surface area contributed by atoms with Crippen LogP contribution < -0.4 is 25.6 Å². The molecule has 2 fully saturated rings. The third-order valence-electron chi connectivity index (χ3n) is 9.61. The second-order valence-corrected chi connectivity index (χ2v) is 17.1. The molecular weight excluding hydrogens is 733 g/mol. The Labute approximate surface area is 320 Å². The van der Waals surface area contributed by atoms with Crippen LogP contribution in [0.4, 0.5) is 38.0 Å². The molecule has 3 aromatic carbocycles. The highest BCUT2D eigenvalue weighted by Crippen LogP contribution is 2.39. The number of aryl methyl sites for hydroxylation is 1. The third kappa shape index (κ3) is 8.77. The van der Waals surface area contributed by atoms with Gasteiger partial charge in [0.05, 0.1) is 33.8 Å². The Morgan fingerprint density at radius 1 is 1.00 bits per heavy atom. The molecule has 4 aromatic rings. The summed E-state index contributed by atoms with van der Waals surface area (Å²) in [5, 5.41) is 8.26. The zero-order chi connectivity index (χ0) is 38.7. The second-order valence-electron chi connectivity index (χ2n) is 14.2. The molecule has 2 aliphatic heterocycles. The molecule has 54 heavy (non-hydrogen) atoms. The van der Waals surface area contributed by atoms with Crippen LogP contribution in [-0.2, 0) is 21.2 Å². The molecule has 2 aliphatic rings. The van der Waals surface area contributed by atoms with Crippen molar-refractivity contribution in [2.45, 2.75) is 82.6 Å². The number of aromatic nitrogens is 2. The van der Waals surface area contributed by atoms with Gasteiger partial charge in [0.1, 0.15) is 16.6 Å². The predicted octanol–water partition coefficient (Wildman–Crippen LogP) is 7.86. The molecule has 0 spiro atoms. The number of piperidine rings is 1. The monoisotopic (exact) mass is 777 g/mol. The van der Waals surface area contributed by atoms with Gasteiger partial charge in [0, 0.05) is 30.8 Å². The van der Waals surface area contributed by atoms with Gasteiger partial charge in [-0.1, -0.05) is 29.8 Å². The number of nitrogens with one attached hydrogen (secondary N) is 3. The van der Waals surface area contributed by atoms with E-state index < -0.39 is 21.1 Å². The fraction of sp³-hybridized carbons (Fsp3) is 0.385. The normalized spacial score (nSPS) is 15.8. The Balaban J connectivity index is 1.15. The maximum atomic E-state index is 15.2. The van der Waals surface area contributed by atoms with Crippen molar-refractivity contribution in [3.63, 3.8) is 0 Å². The largest absolute Gasteiger partial charge is 0.489 e. The van der Waals surface area contributed by atoms with Gasteiger partial charge in [0.2, 0.25) is 11.9 Å². The summed E-state index contributed by atoms with van der Waals surface area (Å²) in [6.07, 6.45) is 3.26. The quantitative estimate of drug-likeness (QED) is 0.130. The lowest BCUT2D eigenvalue weighted by Gasteiger charge is -2.33. The lowest BCUT2D eigenvalue weighted by molar-refractivity contribution is -0.120. The van der Waals surface area contributed by atoms with Crippen LogP contribution in [0.3, 0.4) is 0 Å². The Hall–Kier alpha value is -4.79. The van der Waals surface area contributed by atoms with E-state index in [4.69, 9.17) is 16.3 Å². The number of imide groups is 1. The first-order valence-corrected chi connectivity index (χ1v) is 19.9. The molecule has 0 bridgehead atoms. The predicted molar refractivity (Wildman–Crippen MR) is 208 cm³/mol. The van der Waals surface area contributed by atoms with Crippen LogP contribution in [0.25, 0.3) is 0 Å². The number of benzene rings is 3. The van der Waals surface area contributed by atoms with E-state index in [1.807, 2.05) is 19.9 Å². The molecule has 0 unspecified atom stereocenters. The van der Waals surface area contributed by atoms with Crippen LogP contribution in [0.5, 0.6) is 5.75 Å². The number of halogens is 2. The van der Waals surface area contributed by atoms with E-state index >= 15 is 4.39 Å². The number of sulfone groups is 1. The molecule has 286 valence electrons. The second kappa shape index (κ2) is 16.3. The first-order valence-electron chi connectivity index (χ1n) is 18.0. The smallest absolute Gasteiger partial charge is 0.328 e. The van der Waals surface area contributed by atoms with Gasteiger partial charge < -0.3 is 15.4 Å². The van der Waals surface area contributed by atoms with Gasteiger partial charge in [0.15, 0.2) is 15.7 Å². The van der Waals surface area contributed by atoms with Crippen molar-refractivity contribution in [3.8, 4) is 5.75 Å². The average Bonchev–Trinajstić information content (AvgIpc) is 3.12. The number of carbonyl (C=O) groups excluding carboxylic acids is 2. The number of urea groups is 1. The first kappa shape index (κ1) is 38.9. The minimum atomic E-state index is -3.58. The molecule has 6 rings (SSSR count). The van der Waals surface area contributed by atoms with Gasteiger partial charge in [-0.15, -0.1) is 0 Å². The fourth-order valence-corrected chi connectivity index (χ4v) is 8.05. The van der Waals surface area contributed by atoms with Crippen LogP contribution in [0.1, 0.15) is 69.6 Å². The van der Waals surface area contributed by atoms with E-state index in [0.29, 0.717) is 34.9 Å². The SMILES string of the molecule is Cc1cc(Nc2ncc(Cl)c(Nc3ccccc3S(=O)(=O)C(C)C)n2)c(OC(C)C)cc1C1CCN(Cc2ccc(N3CCC(=O)NC3=O)cc2F)CC1. The number of hydrogen-bond acceptors (Lipinski definition) is 10. The summed E-state index contributed by atoms with van der Waals surface area (Å²) >= 11 is 6.48. The van der Waals surface area contributed by atoms with E-state index in [0.717, 1.165) is 31.5 Å². The molecule has 12 nitrogen and oxygen atoms in total. The van der Waals surface area contributed by atoms with Crippen LogP contribution in [0, 0.1) is 12.7 Å². The average molecular weight is 778 g/mol. The summed E-state index contributed by atoms with van der Waals surface area (Å²) in [6.45, 7) is 11.5. The number of anilines is 5. The van der Waals surface area contributed by atoms with Gasteiger partial charge >= 0.3 is 6.03 Å². The van der Waals surface area contributed by atoms with Crippen molar-refractivity contribution < 1.29 is 27.1 Å². The number of amides is 3. The summed E-state index contributed by atoms with van der Waals surface area (Å²) in [5.41, 5.74) is 4.25. The summed E-state index contributed by atoms with van der Waals surface area (Å²) in [7, 11) is -3.58. The molecule has 3 N–H and O–H groups in total. The van der Waals surface area contributed by atoms with Crippen LogP contribution >= 0.6 is 11.6 Å².